The van der Waals surface area contributed by atoms with Gasteiger partial charge in [-0.3, -0.25) is 0 Å². The summed E-state index contributed by atoms with van der Waals surface area (Å²) in [5, 5.41) is 1.28. The third-order valence-electron chi connectivity index (χ3n) is 3.76. The van der Waals surface area contributed by atoms with E-state index in [0.29, 0.717) is 0 Å². The fraction of sp³-hybridized carbons (Fsp3) is 0.500. The number of rotatable bonds is 1. The zero-order valence-electron chi connectivity index (χ0n) is 10.8. The summed E-state index contributed by atoms with van der Waals surface area (Å²) in [4.78, 5) is 3.12. The van der Waals surface area contributed by atoms with Gasteiger partial charge in [-0.1, -0.05) is 63.6 Å². The molecule has 0 spiro atoms. The quantitative estimate of drug-likeness (QED) is 0.677. The number of hydrogen-bond acceptors (Lipinski definition) is 0. The lowest BCUT2D eigenvalue weighted by atomic mass is 9.88. The first-order valence-corrected chi connectivity index (χ1v) is 6.92. The number of fused-ring (bicyclic) bond motifs is 1. The number of benzene rings is 1. The first-order chi connectivity index (χ1) is 8.40. The van der Waals surface area contributed by atoms with Gasteiger partial charge in [0.25, 0.3) is 0 Å². The average molecular weight is 231 g/mol. The summed E-state index contributed by atoms with van der Waals surface area (Å²) in [7, 11) is 0. The first kappa shape index (κ1) is 12.2. The SMILES string of the molecule is CCC1CCCCC1.[HH].c1ccc2[nH]ccc2c1. The topological polar surface area (TPSA) is 15.8 Å². The van der Waals surface area contributed by atoms with Crippen molar-refractivity contribution in [2.45, 2.75) is 45.4 Å². The van der Waals surface area contributed by atoms with E-state index in [2.05, 4.69) is 30.1 Å². The minimum Gasteiger partial charge on any atom is -0.361 e. The Morgan fingerprint density at radius 3 is 2.53 bits per heavy atom. The minimum atomic E-state index is 0. The summed E-state index contributed by atoms with van der Waals surface area (Å²) in [6.45, 7) is 2.32. The van der Waals surface area contributed by atoms with Crippen LogP contribution < -0.4 is 0 Å². The van der Waals surface area contributed by atoms with Crippen molar-refractivity contribution in [3.8, 4) is 0 Å². The molecule has 0 aliphatic heterocycles. The Morgan fingerprint density at radius 1 is 1.12 bits per heavy atom. The first-order valence-electron chi connectivity index (χ1n) is 6.92. The molecule has 1 nitrogen and oxygen atoms in total. The van der Waals surface area contributed by atoms with Gasteiger partial charge in [-0.25, -0.2) is 0 Å². The van der Waals surface area contributed by atoms with Crippen molar-refractivity contribution in [2.24, 2.45) is 5.92 Å². The maximum Gasteiger partial charge on any atom is 0.0453 e. The van der Waals surface area contributed by atoms with Crippen LogP contribution in [-0.2, 0) is 0 Å². The molecule has 1 aromatic carbocycles. The van der Waals surface area contributed by atoms with E-state index >= 15 is 0 Å². The van der Waals surface area contributed by atoms with E-state index in [1.54, 1.807) is 0 Å². The lowest BCUT2D eigenvalue weighted by Crippen LogP contribution is -2.03. The normalized spacial score (nSPS) is 16.5. The van der Waals surface area contributed by atoms with Crippen LogP contribution in [0.2, 0.25) is 0 Å². The van der Waals surface area contributed by atoms with Crippen LogP contribution in [0.4, 0.5) is 0 Å². The van der Waals surface area contributed by atoms with Gasteiger partial charge >= 0.3 is 0 Å². The smallest absolute Gasteiger partial charge is 0.0453 e. The van der Waals surface area contributed by atoms with Gasteiger partial charge in [0, 0.05) is 13.1 Å². The molecule has 3 rings (SSSR count). The second-order valence-corrected chi connectivity index (χ2v) is 4.98. The van der Waals surface area contributed by atoms with Crippen LogP contribution in [0.1, 0.15) is 46.9 Å². The summed E-state index contributed by atoms with van der Waals surface area (Å²) in [6, 6.07) is 10.3. The molecule has 0 atom stereocenters. The molecule has 1 heteroatoms. The zero-order valence-corrected chi connectivity index (χ0v) is 10.8. The highest BCUT2D eigenvalue weighted by atomic mass is 14.6. The van der Waals surface area contributed by atoms with Gasteiger partial charge in [-0.05, 0) is 23.4 Å². The Bertz CT molecular complexity index is 399. The average Bonchev–Trinajstić information content (AvgIpc) is 2.89. The number of para-hydroxylation sites is 1. The van der Waals surface area contributed by atoms with Crippen molar-refractivity contribution in [3.63, 3.8) is 0 Å². The van der Waals surface area contributed by atoms with Crippen molar-refractivity contribution in [1.29, 1.82) is 0 Å². The van der Waals surface area contributed by atoms with Crippen molar-refractivity contribution in [2.75, 3.05) is 0 Å². The van der Waals surface area contributed by atoms with Crippen molar-refractivity contribution >= 4 is 10.9 Å². The van der Waals surface area contributed by atoms with Gasteiger partial charge in [0.1, 0.15) is 0 Å². The van der Waals surface area contributed by atoms with E-state index in [4.69, 9.17) is 0 Å². The second-order valence-electron chi connectivity index (χ2n) is 4.98. The van der Waals surface area contributed by atoms with Gasteiger partial charge in [0.05, 0.1) is 0 Å². The number of H-pyrrole nitrogens is 1. The van der Waals surface area contributed by atoms with E-state index < -0.39 is 0 Å². The number of aromatic nitrogens is 1. The van der Waals surface area contributed by atoms with Crippen LogP contribution >= 0.6 is 0 Å². The summed E-state index contributed by atoms with van der Waals surface area (Å²) >= 11 is 0. The molecule has 94 valence electrons. The molecule has 1 saturated carbocycles. The van der Waals surface area contributed by atoms with E-state index in [-0.39, 0.29) is 1.43 Å². The number of aromatic amines is 1. The molecule has 1 aromatic heterocycles. The van der Waals surface area contributed by atoms with Crippen LogP contribution in [-0.4, -0.2) is 4.98 Å². The number of nitrogens with one attached hydrogen (secondary N) is 1. The molecule has 0 amide bonds. The molecule has 1 fully saturated rings. The highest BCUT2D eigenvalue weighted by Crippen LogP contribution is 2.25. The monoisotopic (exact) mass is 231 g/mol. The third-order valence-corrected chi connectivity index (χ3v) is 3.76. The molecule has 1 aliphatic carbocycles. The Morgan fingerprint density at radius 2 is 1.88 bits per heavy atom. The van der Waals surface area contributed by atoms with Crippen LogP contribution in [0, 0.1) is 5.92 Å². The number of hydrogen-bond donors (Lipinski definition) is 1. The lowest BCUT2D eigenvalue weighted by Gasteiger charge is -2.18. The summed E-state index contributed by atoms with van der Waals surface area (Å²) in [5.41, 5.74) is 1.21. The summed E-state index contributed by atoms with van der Waals surface area (Å²) in [6.07, 6.45) is 10.9. The van der Waals surface area contributed by atoms with E-state index in [0.717, 1.165) is 5.92 Å². The Labute approximate surface area is 106 Å². The largest absolute Gasteiger partial charge is 0.361 e. The molecule has 1 heterocycles. The predicted molar refractivity (Wildman–Crippen MR) is 77.3 cm³/mol. The Balaban J connectivity index is 0.000000172. The van der Waals surface area contributed by atoms with Crippen LogP contribution in [0.15, 0.2) is 36.5 Å². The molecule has 1 aliphatic rings. The van der Waals surface area contributed by atoms with Gasteiger partial charge in [-0.2, -0.15) is 0 Å². The van der Waals surface area contributed by atoms with Crippen molar-refractivity contribution in [1.82, 2.24) is 4.98 Å². The minimum absolute atomic E-state index is 0. The lowest BCUT2D eigenvalue weighted by molar-refractivity contribution is 0.349. The van der Waals surface area contributed by atoms with Crippen LogP contribution in [0.3, 0.4) is 0 Å². The van der Waals surface area contributed by atoms with Crippen molar-refractivity contribution in [3.05, 3.63) is 36.5 Å². The fourth-order valence-corrected chi connectivity index (χ4v) is 2.59. The maximum absolute atomic E-state index is 3.12. The van der Waals surface area contributed by atoms with Crippen molar-refractivity contribution < 1.29 is 1.43 Å². The van der Waals surface area contributed by atoms with Gasteiger partial charge in [0.15, 0.2) is 0 Å². The maximum atomic E-state index is 3.12. The summed E-state index contributed by atoms with van der Waals surface area (Å²) in [5.74, 6) is 1.09. The highest BCUT2D eigenvalue weighted by molar-refractivity contribution is 5.78. The molecule has 0 saturated heterocycles. The second kappa shape index (κ2) is 6.48. The van der Waals surface area contributed by atoms with Gasteiger partial charge in [-0.15, -0.1) is 0 Å². The molecule has 0 bridgehead atoms. The third kappa shape index (κ3) is 3.62. The predicted octanol–water partition coefficient (Wildman–Crippen LogP) is 5.39. The van der Waals surface area contributed by atoms with E-state index in [9.17, 15) is 0 Å². The molecule has 17 heavy (non-hydrogen) atoms. The molecule has 0 radical (unpaired) electrons. The highest BCUT2D eigenvalue weighted by Gasteiger charge is 2.09. The molecule has 0 unspecified atom stereocenters. The van der Waals surface area contributed by atoms with E-state index in [1.807, 2.05) is 18.3 Å². The van der Waals surface area contributed by atoms with Crippen LogP contribution in [0.5, 0.6) is 0 Å². The molecule has 2 aromatic rings. The Kier molecular flexibility index (Phi) is 4.66. The van der Waals surface area contributed by atoms with Crippen LogP contribution in [0.25, 0.3) is 10.9 Å². The molecular weight excluding hydrogens is 206 g/mol. The van der Waals surface area contributed by atoms with Gasteiger partial charge in [0.2, 0.25) is 0 Å². The molecule has 1 N–H and O–H groups in total. The van der Waals surface area contributed by atoms with Gasteiger partial charge < -0.3 is 4.98 Å². The standard InChI is InChI=1S/C8H7N.C8H16.H2/c1-2-4-8-7(3-1)5-6-9-8;1-2-8-6-4-3-5-7-8;/h1-6,9H;8H,2-7H2,1H3;1H. The molecular formula is C16H25N. The fourth-order valence-electron chi connectivity index (χ4n) is 2.59. The van der Waals surface area contributed by atoms with E-state index in [1.165, 1.54) is 49.4 Å². The summed E-state index contributed by atoms with van der Waals surface area (Å²) < 4.78 is 0. The Hall–Kier alpha value is -1.24. The zero-order chi connectivity index (χ0) is 11.9.